The molecule has 0 atom stereocenters. The van der Waals surface area contributed by atoms with Gasteiger partial charge >= 0.3 is 0 Å². The van der Waals surface area contributed by atoms with Crippen LogP contribution >= 0.6 is 0 Å². The van der Waals surface area contributed by atoms with Crippen molar-refractivity contribution in [2.45, 2.75) is 19.3 Å². The zero-order valence-electron chi connectivity index (χ0n) is 19.7. The van der Waals surface area contributed by atoms with Crippen LogP contribution in [-0.2, 0) is 7.05 Å². The first-order chi connectivity index (χ1) is 17.2. The summed E-state index contributed by atoms with van der Waals surface area (Å²) >= 11 is 0. The molecule has 1 fully saturated rings. The molecule has 178 valence electrons. The second-order valence-electron chi connectivity index (χ2n) is 9.07. The van der Waals surface area contributed by atoms with Crippen LogP contribution in [0.4, 0.5) is 17.5 Å². The summed E-state index contributed by atoms with van der Waals surface area (Å²) in [5, 5.41) is 11.4. The third-order valence-corrected chi connectivity index (χ3v) is 6.75. The van der Waals surface area contributed by atoms with Gasteiger partial charge in [0.25, 0.3) is 5.56 Å². The van der Waals surface area contributed by atoms with Crippen LogP contribution in [0.25, 0.3) is 22.2 Å². The summed E-state index contributed by atoms with van der Waals surface area (Å²) < 4.78 is 3.52. The molecule has 35 heavy (non-hydrogen) atoms. The Morgan fingerprint density at radius 1 is 1.06 bits per heavy atom. The topological polar surface area (TPSA) is 92.4 Å². The summed E-state index contributed by atoms with van der Waals surface area (Å²) in [6, 6.07) is 9.77. The van der Waals surface area contributed by atoms with Crippen molar-refractivity contribution in [3.05, 3.63) is 71.0 Å². The van der Waals surface area contributed by atoms with Gasteiger partial charge in [0.15, 0.2) is 0 Å². The maximum atomic E-state index is 12.3. The standard InChI is InChI=1S/C26H28N8O/c1-32-11-8-19(14-24(32)35)22-15-21-17-29-26(31-34(21)25(22)18-4-2-3-5-18)30-23-7-6-20(16-28-23)33-12-9-27-10-13-33/h4,6-8,11,14-17,27H,2-3,5,9-10,12-13H2,1H3,(H,28,30,31). The van der Waals surface area contributed by atoms with Gasteiger partial charge in [-0.3, -0.25) is 4.79 Å². The van der Waals surface area contributed by atoms with Crippen LogP contribution in [0.15, 0.2) is 59.8 Å². The van der Waals surface area contributed by atoms with E-state index in [0.717, 1.165) is 73.5 Å². The van der Waals surface area contributed by atoms with Crippen LogP contribution in [0.5, 0.6) is 0 Å². The van der Waals surface area contributed by atoms with Crippen molar-refractivity contribution in [1.82, 2.24) is 29.5 Å². The molecule has 0 spiro atoms. The maximum Gasteiger partial charge on any atom is 0.250 e. The minimum absolute atomic E-state index is 0.0344. The summed E-state index contributed by atoms with van der Waals surface area (Å²) in [4.78, 5) is 23.8. The van der Waals surface area contributed by atoms with Gasteiger partial charge in [-0.15, -0.1) is 5.10 Å². The fourth-order valence-corrected chi connectivity index (χ4v) is 4.84. The second kappa shape index (κ2) is 8.99. The van der Waals surface area contributed by atoms with E-state index < -0.39 is 0 Å². The number of piperazine rings is 1. The first kappa shape index (κ1) is 21.5. The molecule has 0 saturated carbocycles. The number of allylic oxidation sites excluding steroid dienone is 2. The van der Waals surface area contributed by atoms with Crippen molar-refractivity contribution in [2.24, 2.45) is 7.05 Å². The SMILES string of the molecule is Cn1ccc(-c2cc3cnc(Nc4ccc(N5CCNCC5)cn4)nn3c2C2=CCCC2)cc1=O. The van der Waals surface area contributed by atoms with E-state index in [2.05, 4.69) is 43.7 Å². The fraction of sp³-hybridized carbons (Fsp3) is 0.308. The quantitative estimate of drug-likeness (QED) is 0.465. The Morgan fingerprint density at radius 3 is 2.69 bits per heavy atom. The summed E-state index contributed by atoms with van der Waals surface area (Å²) in [5.74, 6) is 1.18. The van der Waals surface area contributed by atoms with Crippen molar-refractivity contribution in [1.29, 1.82) is 0 Å². The minimum atomic E-state index is -0.0344. The number of nitrogens with zero attached hydrogens (tertiary/aromatic N) is 6. The number of hydrogen-bond acceptors (Lipinski definition) is 7. The highest BCUT2D eigenvalue weighted by Gasteiger charge is 2.20. The molecule has 9 nitrogen and oxygen atoms in total. The zero-order valence-corrected chi connectivity index (χ0v) is 19.7. The molecule has 2 aliphatic rings. The van der Waals surface area contributed by atoms with Crippen LogP contribution in [0.3, 0.4) is 0 Å². The van der Waals surface area contributed by atoms with Crippen LogP contribution in [0.2, 0.25) is 0 Å². The summed E-state index contributed by atoms with van der Waals surface area (Å²) in [6.07, 6.45) is 11.0. The molecule has 0 aromatic carbocycles. The maximum absolute atomic E-state index is 12.3. The number of anilines is 3. The number of aryl methyl sites for hydroxylation is 1. The molecule has 1 aliphatic heterocycles. The molecule has 9 heteroatoms. The van der Waals surface area contributed by atoms with Crippen LogP contribution < -0.4 is 21.1 Å². The van der Waals surface area contributed by atoms with E-state index in [1.54, 1.807) is 23.9 Å². The lowest BCUT2D eigenvalue weighted by atomic mass is 10.0. The average Bonchev–Trinajstić information content (AvgIpc) is 3.54. The monoisotopic (exact) mass is 468 g/mol. The average molecular weight is 469 g/mol. The molecule has 1 saturated heterocycles. The smallest absolute Gasteiger partial charge is 0.250 e. The molecular formula is C26H28N8O. The normalized spacial score (nSPS) is 16.0. The first-order valence-electron chi connectivity index (χ1n) is 12.1. The molecule has 4 aromatic heterocycles. The van der Waals surface area contributed by atoms with E-state index in [1.165, 1.54) is 5.57 Å². The van der Waals surface area contributed by atoms with Gasteiger partial charge in [-0.1, -0.05) is 6.08 Å². The lowest BCUT2D eigenvalue weighted by Gasteiger charge is -2.29. The minimum Gasteiger partial charge on any atom is -0.368 e. The van der Waals surface area contributed by atoms with Crippen molar-refractivity contribution in [2.75, 3.05) is 36.4 Å². The number of hydrogen-bond donors (Lipinski definition) is 2. The van der Waals surface area contributed by atoms with Crippen LogP contribution in [0, 0.1) is 0 Å². The van der Waals surface area contributed by atoms with Gasteiger partial charge in [0.2, 0.25) is 5.95 Å². The number of fused-ring (bicyclic) bond motifs is 1. The molecule has 0 unspecified atom stereocenters. The van der Waals surface area contributed by atoms with Crippen molar-refractivity contribution < 1.29 is 0 Å². The highest BCUT2D eigenvalue weighted by molar-refractivity contribution is 5.84. The van der Waals surface area contributed by atoms with Gasteiger partial charge in [-0.25, -0.2) is 14.5 Å². The van der Waals surface area contributed by atoms with Gasteiger partial charge in [-0.2, -0.15) is 0 Å². The van der Waals surface area contributed by atoms with E-state index in [1.807, 2.05) is 29.0 Å². The van der Waals surface area contributed by atoms with E-state index in [0.29, 0.717) is 11.8 Å². The second-order valence-corrected chi connectivity index (χ2v) is 9.07. The third kappa shape index (κ3) is 4.19. The van der Waals surface area contributed by atoms with Gasteiger partial charge < -0.3 is 20.1 Å². The summed E-state index contributed by atoms with van der Waals surface area (Å²) in [5.41, 5.74) is 6.14. The fourth-order valence-electron chi connectivity index (χ4n) is 4.84. The predicted octanol–water partition coefficient (Wildman–Crippen LogP) is 3.21. The predicted molar refractivity (Wildman–Crippen MR) is 138 cm³/mol. The lowest BCUT2D eigenvalue weighted by Crippen LogP contribution is -2.43. The van der Waals surface area contributed by atoms with E-state index >= 15 is 0 Å². The number of nitrogens with one attached hydrogen (secondary N) is 2. The summed E-state index contributed by atoms with van der Waals surface area (Å²) in [7, 11) is 1.76. The van der Waals surface area contributed by atoms with Gasteiger partial charge in [-0.05, 0) is 54.7 Å². The largest absolute Gasteiger partial charge is 0.368 e. The molecule has 0 amide bonds. The Balaban J connectivity index is 1.35. The van der Waals surface area contributed by atoms with Gasteiger partial charge in [0, 0.05) is 51.1 Å². The van der Waals surface area contributed by atoms with E-state index in [9.17, 15) is 4.79 Å². The number of aromatic nitrogens is 5. The highest BCUT2D eigenvalue weighted by atomic mass is 16.1. The molecule has 0 radical (unpaired) electrons. The van der Waals surface area contributed by atoms with Crippen molar-refractivity contribution in [3.8, 4) is 11.1 Å². The van der Waals surface area contributed by atoms with Crippen molar-refractivity contribution in [3.63, 3.8) is 0 Å². The molecule has 6 rings (SSSR count). The number of pyridine rings is 2. The Kier molecular flexibility index (Phi) is 5.54. The molecule has 0 bridgehead atoms. The van der Waals surface area contributed by atoms with Crippen LogP contribution in [-0.4, -0.2) is 50.3 Å². The molecule has 1 aliphatic carbocycles. The Hall–Kier alpha value is -3.98. The lowest BCUT2D eigenvalue weighted by molar-refractivity contribution is 0.589. The Bertz CT molecular complexity index is 1460. The van der Waals surface area contributed by atoms with E-state index in [4.69, 9.17) is 5.10 Å². The summed E-state index contributed by atoms with van der Waals surface area (Å²) in [6.45, 7) is 3.94. The number of rotatable bonds is 5. The molecule has 2 N–H and O–H groups in total. The van der Waals surface area contributed by atoms with Crippen molar-refractivity contribution >= 4 is 28.5 Å². The van der Waals surface area contributed by atoms with E-state index in [-0.39, 0.29) is 5.56 Å². The molecule has 4 aromatic rings. The molecule has 5 heterocycles. The third-order valence-electron chi connectivity index (χ3n) is 6.75. The van der Waals surface area contributed by atoms with Gasteiger partial charge in [0.1, 0.15) is 5.82 Å². The van der Waals surface area contributed by atoms with Crippen LogP contribution in [0.1, 0.15) is 25.0 Å². The first-order valence-corrected chi connectivity index (χ1v) is 12.1. The Labute approximate surface area is 203 Å². The highest BCUT2D eigenvalue weighted by Crippen LogP contribution is 2.36. The molecular weight excluding hydrogens is 440 g/mol. The van der Waals surface area contributed by atoms with Gasteiger partial charge in [0.05, 0.1) is 29.3 Å². The zero-order chi connectivity index (χ0) is 23.8. The Morgan fingerprint density at radius 2 is 1.94 bits per heavy atom.